The normalized spacial score (nSPS) is 17.6. The van der Waals surface area contributed by atoms with Gasteiger partial charge in [-0.2, -0.15) is 0 Å². The van der Waals surface area contributed by atoms with Gasteiger partial charge in [0.25, 0.3) is 0 Å². The summed E-state index contributed by atoms with van der Waals surface area (Å²) in [4.78, 5) is 32.7. The number of benzene rings is 2. The number of nitrogens with zero attached hydrogens (tertiary/aromatic N) is 2. The number of amides is 1. The monoisotopic (exact) mass is 498 g/mol. The van der Waals surface area contributed by atoms with E-state index in [9.17, 15) is 9.59 Å². The molecule has 1 saturated carbocycles. The fourth-order valence-corrected chi connectivity index (χ4v) is 4.93. The number of halogens is 2. The summed E-state index contributed by atoms with van der Waals surface area (Å²) < 4.78 is 5.44. The molecule has 9 heteroatoms. The summed E-state index contributed by atoms with van der Waals surface area (Å²) in [7, 11) is 1.58. The summed E-state index contributed by atoms with van der Waals surface area (Å²) in [6.45, 7) is 5.48. The zero-order valence-corrected chi connectivity index (χ0v) is 20.3. The molecule has 0 aliphatic heterocycles. The Balaban J connectivity index is 1.64. The van der Waals surface area contributed by atoms with Crippen LogP contribution in [0.3, 0.4) is 0 Å². The molecule has 1 aliphatic carbocycles. The Kier molecular flexibility index (Phi) is 7.05. The van der Waals surface area contributed by atoms with Crippen molar-refractivity contribution < 1.29 is 14.3 Å². The molecule has 2 atom stereocenters. The third-order valence-corrected chi connectivity index (χ3v) is 6.73. The second-order valence-corrected chi connectivity index (χ2v) is 8.83. The number of hydrogen-bond acceptors (Lipinski definition) is 6. The summed E-state index contributed by atoms with van der Waals surface area (Å²) in [5.74, 6) is 0.692. The van der Waals surface area contributed by atoms with Crippen LogP contribution in [0.5, 0.6) is 5.75 Å². The predicted molar refractivity (Wildman–Crippen MR) is 135 cm³/mol. The topological polar surface area (TPSA) is 93.2 Å². The first-order chi connectivity index (χ1) is 16.3. The highest BCUT2D eigenvalue weighted by molar-refractivity contribution is 6.40. The minimum absolute atomic E-state index is 0.0655. The van der Waals surface area contributed by atoms with Gasteiger partial charge in [0.1, 0.15) is 11.5 Å². The van der Waals surface area contributed by atoms with E-state index < -0.39 is 0 Å². The minimum Gasteiger partial charge on any atom is -0.495 e. The van der Waals surface area contributed by atoms with Crippen molar-refractivity contribution in [3.63, 3.8) is 0 Å². The van der Waals surface area contributed by atoms with E-state index in [0.717, 1.165) is 22.9 Å². The highest BCUT2D eigenvalue weighted by Crippen LogP contribution is 2.43. The van der Waals surface area contributed by atoms with Crippen molar-refractivity contribution in [3.05, 3.63) is 58.7 Å². The smallest absolute Gasteiger partial charge is 0.243 e. The number of methoxy groups -OCH3 is 1. The first kappa shape index (κ1) is 24.0. The van der Waals surface area contributed by atoms with Crippen LogP contribution in [0.15, 0.2) is 43.1 Å². The van der Waals surface area contributed by atoms with Gasteiger partial charge in [-0.05, 0) is 41.8 Å². The van der Waals surface area contributed by atoms with Crippen LogP contribution in [0, 0.1) is 0 Å². The number of Topliss-reactive ketones (excluding diaryl/α,β-unsaturated/α-hetero) is 1. The van der Waals surface area contributed by atoms with Gasteiger partial charge >= 0.3 is 0 Å². The molecule has 1 heterocycles. The quantitative estimate of drug-likeness (QED) is 0.445. The van der Waals surface area contributed by atoms with E-state index in [1.54, 1.807) is 13.3 Å². The average Bonchev–Trinajstić information content (AvgIpc) is 3.17. The molecule has 3 aromatic rings. The molecule has 1 fully saturated rings. The standard InChI is InChI=1S/C25H24Cl2N4O3/c1-4-13-9-20(34-3)24(27)22(23(13)26)14-6-7-17-15(8-14)12-28-25(30-17)31-19-11-16(32)10-18(19)29-21(33)5-2/h5-9,12,18-19H,2,4,10-11H2,1,3H3,(H,29,33)(H,28,30,31)/t18-,19+/m0/s1. The molecule has 0 radical (unpaired) electrons. The van der Waals surface area contributed by atoms with Gasteiger partial charge in [0.2, 0.25) is 11.9 Å². The molecule has 34 heavy (non-hydrogen) atoms. The molecule has 1 amide bonds. The first-order valence-electron chi connectivity index (χ1n) is 10.9. The van der Waals surface area contributed by atoms with Crippen LogP contribution < -0.4 is 15.4 Å². The maximum atomic E-state index is 12.0. The second-order valence-electron chi connectivity index (χ2n) is 8.08. The van der Waals surface area contributed by atoms with E-state index in [-0.39, 0.29) is 36.6 Å². The first-order valence-corrected chi connectivity index (χ1v) is 11.6. The SMILES string of the molecule is C=CC(=O)N[C@H]1CC(=O)C[C@H]1Nc1ncc2cc(-c3c(Cl)c(CC)cc(OC)c3Cl)ccc2n1. The zero-order chi connectivity index (χ0) is 24.4. The van der Waals surface area contributed by atoms with Crippen LogP contribution in [-0.4, -0.2) is 40.9 Å². The fourth-order valence-electron chi connectivity index (χ4n) is 4.15. The maximum Gasteiger partial charge on any atom is 0.243 e. The molecule has 0 bridgehead atoms. The molecule has 176 valence electrons. The third kappa shape index (κ3) is 4.72. The van der Waals surface area contributed by atoms with Crippen molar-refractivity contribution in [3.8, 4) is 16.9 Å². The van der Waals surface area contributed by atoms with Crippen molar-refractivity contribution in [2.24, 2.45) is 0 Å². The Labute approximate surface area is 207 Å². The third-order valence-electron chi connectivity index (χ3n) is 5.92. The lowest BCUT2D eigenvalue weighted by atomic mass is 9.99. The number of aryl methyl sites for hydroxylation is 1. The van der Waals surface area contributed by atoms with Crippen LogP contribution in [0.25, 0.3) is 22.0 Å². The van der Waals surface area contributed by atoms with Crippen molar-refractivity contribution >= 4 is 51.7 Å². The summed E-state index contributed by atoms with van der Waals surface area (Å²) in [6, 6.07) is 6.91. The number of nitrogens with one attached hydrogen (secondary N) is 2. The lowest BCUT2D eigenvalue weighted by molar-refractivity contribution is -0.117. The Morgan fingerprint density at radius 2 is 2.00 bits per heavy atom. The molecule has 4 rings (SSSR count). The van der Waals surface area contributed by atoms with Crippen molar-refractivity contribution in [1.82, 2.24) is 15.3 Å². The number of fused-ring (bicyclic) bond motifs is 1. The van der Waals surface area contributed by atoms with Gasteiger partial charge in [-0.3, -0.25) is 9.59 Å². The number of carbonyl (C=O) groups excluding carboxylic acids is 2. The highest BCUT2D eigenvalue weighted by Gasteiger charge is 2.34. The molecule has 0 unspecified atom stereocenters. The van der Waals surface area contributed by atoms with Gasteiger partial charge in [0.15, 0.2) is 0 Å². The number of rotatable bonds is 7. The Morgan fingerprint density at radius 3 is 2.71 bits per heavy atom. The molecular formula is C25H24Cl2N4O3. The van der Waals surface area contributed by atoms with Gasteiger partial charge < -0.3 is 15.4 Å². The van der Waals surface area contributed by atoms with Crippen molar-refractivity contribution in [2.75, 3.05) is 12.4 Å². The molecule has 2 aromatic carbocycles. The van der Waals surface area contributed by atoms with E-state index in [2.05, 4.69) is 27.2 Å². The van der Waals surface area contributed by atoms with E-state index in [4.69, 9.17) is 27.9 Å². The number of anilines is 1. The predicted octanol–water partition coefficient (Wildman–Crippen LogP) is 4.99. The zero-order valence-electron chi connectivity index (χ0n) is 18.8. The van der Waals surface area contributed by atoms with Gasteiger partial charge in [-0.1, -0.05) is 42.8 Å². The second kappa shape index (κ2) is 9.99. The van der Waals surface area contributed by atoms with Gasteiger partial charge in [0, 0.05) is 30.0 Å². The Bertz CT molecular complexity index is 1270. The summed E-state index contributed by atoms with van der Waals surface area (Å²) >= 11 is 13.3. The van der Waals surface area contributed by atoms with Crippen LogP contribution in [0.4, 0.5) is 5.95 Å². The summed E-state index contributed by atoms with van der Waals surface area (Å²) in [5.41, 5.74) is 3.18. The Hall–Kier alpha value is -3.16. The van der Waals surface area contributed by atoms with Gasteiger partial charge in [-0.15, -0.1) is 0 Å². The number of hydrogen-bond donors (Lipinski definition) is 2. The number of aromatic nitrogens is 2. The summed E-state index contributed by atoms with van der Waals surface area (Å²) in [5, 5.41) is 7.81. The number of carbonyl (C=O) groups is 2. The molecule has 2 N–H and O–H groups in total. The Morgan fingerprint density at radius 1 is 1.24 bits per heavy atom. The fraction of sp³-hybridized carbons (Fsp3) is 0.280. The van der Waals surface area contributed by atoms with Crippen LogP contribution in [0.2, 0.25) is 10.0 Å². The summed E-state index contributed by atoms with van der Waals surface area (Å²) in [6.07, 6.45) is 4.17. The molecule has 1 aromatic heterocycles. The van der Waals surface area contributed by atoms with Crippen LogP contribution in [0.1, 0.15) is 25.3 Å². The average molecular weight is 499 g/mol. The van der Waals surface area contributed by atoms with E-state index >= 15 is 0 Å². The molecule has 0 spiro atoms. The van der Waals surface area contributed by atoms with Crippen LogP contribution in [-0.2, 0) is 16.0 Å². The van der Waals surface area contributed by atoms with Crippen molar-refractivity contribution in [2.45, 2.75) is 38.3 Å². The van der Waals surface area contributed by atoms with E-state index in [0.29, 0.717) is 32.8 Å². The molecular weight excluding hydrogens is 475 g/mol. The molecule has 1 aliphatic rings. The van der Waals surface area contributed by atoms with E-state index in [1.165, 1.54) is 6.08 Å². The molecule has 7 nitrogen and oxygen atoms in total. The highest BCUT2D eigenvalue weighted by atomic mass is 35.5. The van der Waals surface area contributed by atoms with E-state index in [1.807, 2.05) is 31.2 Å². The van der Waals surface area contributed by atoms with Crippen LogP contribution >= 0.6 is 23.2 Å². The number of ether oxygens (including phenoxy) is 1. The minimum atomic E-state index is -0.343. The molecule has 0 saturated heterocycles. The number of ketones is 1. The maximum absolute atomic E-state index is 12.0. The lowest BCUT2D eigenvalue weighted by Crippen LogP contribution is -2.42. The van der Waals surface area contributed by atoms with Gasteiger partial charge in [0.05, 0.1) is 34.8 Å². The van der Waals surface area contributed by atoms with Gasteiger partial charge in [-0.25, -0.2) is 9.97 Å². The largest absolute Gasteiger partial charge is 0.495 e. The van der Waals surface area contributed by atoms with Crippen molar-refractivity contribution in [1.29, 1.82) is 0 Å². The lowest BCUT2D eigenvalue weighted by Gasteiger charge is -2.21.